The molecule has 2 unspecified atom stereocenters. The first kappa shape index (κ1) is 19.0. The predicted octanol–water partition coefficient (Wildman–Crippen LogP) is 3.89. The summed E-state index contributed by atoms with van der Waals surface area (Å²) in [6.07, 6.45) is 7.83. The molecule has 4 rings (SSSR count). The van der Waals surface area contributed by atoms with Gasteiger partial charge >= 0.3 is 0 Å². The molecule has 7 heteroatoms. The number of hydrogen-bond donors (Lipinski definition) is 1. The maximum atomic E-state index is 12.8. The van der Waals surface area contributed by atoms with Gasteiger partial charge in [0.2, 0.25) is 5.91 Å². The van der Waals surface area contributed by atoms with E-state index in [-0.39, 0.29) is 16.7 Å². The van der Waals surface area contributed by atoms with Crippen molar-refractivity contribution in [3.8, 4) is 0 Å². The normalized spacial score (nSPS) is 21.3. The number of aromatic nitrogens is 2. The number of hydrogen-bond acceptors (Lipinski definition) is 5. The van der Waals surface area contributed by atoms with Gasteiger partial charge in [-0.05, 0) is 64.4 Å². The summed E-state index contributed by atoms with van der Waals surface area (Å²) in [7, 11) is 0. The summed E-state index contributed by atoms with van der Waals surface area (Å²) in [5.74, 6) is 1.45. The second-order valence-corrected chi connectivity index (χ2v) is 10.1. The number of aryl methyl sites for hydroxylation is 2. The standard InChI is InChI=1S/C20H27N3O2S2/c1-12-7-5-6-10-23(12)20(25)13(2)26-11-16-21-18(24)17-14-8-3-4-9-15(14)27-19(17)22-16/h12-13H,3-11H2,1-2H3,(H,21,22,24). The Kier molecular flexibility index (Phi) is 5.60. The Bertz CT molecular complexity index is 904. The molecule has 1 fully saturated rings. The molecule has 1 aliphatic heterocycles. The van der Waals surface area contributed by atoms with Crippen LogP contribution in [-0.2, 0) is 23.4 Å². The molecule has 1 aliphatic carbocycles. The van der Waals surface area contributed by atoms with Gasteiger partial charge in [-0.3, -0.25) is 9.59 Å². The van der Waals surface area contributed by atoms with Crippen LogP contribution in [-0.4, -0.2) is 38.6 Å². The van der Waals surface area contributed by atoms with Gasteiger partial charge in [0.15, 0.2) is 0 Å². The molecule has 5 nitrogen and oxygen atoms in total. The molecular formula is C20H27N3O2S2. The first-order valence-electron chi connectivity index (χ1n) is 10.00. The lowest BCUT2D eigenvalue weighted by Gasteiger charge is -2.35. The largest absolute Gasteiger partial charge is 0.339 e. The quantitative estimate of drug-likeness (QED) is 0.838. The molecule has 27 heavy (non-hydrogen) atoms. The summed E-state index contributed by atoms with van der Waals surface area (Å²) >= 11 is 3.24. The molecule has 2 aromatic heterocycles. The molecule has 0 spiro atoms. The van der Waals surface area contributed by atoms with Crippen molar-refractivity contribution in [3.63, 3.8) is 0 Å². The first-order chi connectivity index (χ1) is 13.0. The fourth-order valence-electron chi connectivity index (χ4n) is 4.21. The molecule has 146 valence electrons. The number of carbonyl (C=O) groups excluding carboxylic acids is 1. The highest BCUT2D eigenvalue weighted by Gasteiger charge is 2.27. The maximum absolute atomic E-state index is 12.8. The molecule has 2 aliphatic rings. The molecule has 3 heterocycles. The molecule has 2 atom stereocenters. The first-order valence-corrected chi connectivity index (χ1v) is 11.9. The number of likely N-dealkylation sites (tertiary alicyclic amines) is 1. The summed E-state index contributed by atoms with van der Waals surface area (Å²) < 4.78 is 0. The van der Waals surface area contributed by atoms with Crippen LogP contribution in [0.1, 0.15) is 62.2 Å². The molecule has 2 aromatic rings. The highest BCUT2D eigenvalue weighted by atomic mass is 32.2. The number of thiophene rings is 1. The molecule has 1 N–H and O–H groups in total. The van der Waals surface area contributed by atoms with Gasteiger partial charge in [-0.1, -0.05) is 0 Å². The number of H-pyrrole nitrogens is 1. The number of fused-ring (bicyclic) bond motifs is 3. The van der Waals surface area contributed by atoms with E-state index in [1.54, 1.807) is 23.1 Å². The summed E-state index contributed by atoms with van der Waals surface area (Å²) in [6.45, 7) is 4.97. The fourth-order valence-corrected chi connectivity index (χ4v) is 6.31. The Labute approximate surface area is 167 Å². The second-order valence-electron chi connectivity index (χ2n) is 7.73. The van der Waals surface area contributed by atoms with Gasteiger partial charge in [-0.2, -0.15) is 0 Å². The summed E-state index contributed by atoms with van der Waals surface area (Å²) in [5, 5.41) is 0.679. The van der Waals surface area contributed by atoms with E-state index in [4.69, 9.17) is 4.98 Å². The monoisotopic (exact) mass is 405 g/mol. The fraction of sp³-hybridized carbons (Fsp3) is 0.650. The molecule has 0 radical (unpaired) electrons. The van der Waals surface area contributed by atoms with Crippen molar-refractivity contribution in [1.29, 1.82) is 0 Å². The van der Waals surface area contributed by atoms with Crippen LogP contribution in [0, 0.1) is 0 Å². The van der Waals surface area contributed by atoms with E-state index < -0.39 is 0 Å². The van der Waals surface area contributed by atoms with Crippen LogP contribution in [0.5, 0.6) is 0 Å². The number of aromatic amines is 1. The molecule has 0 bridgehead atoms. The summed E-state index contributed by atoms with van der Waals surface area (Å²) in [4.78, 5) is 37.3. The van der Waals surface area contributed by atoms with Crippen LogP contribution in [0.15, 0.2) is 4.79 Å². The van der Waals surface area contributed by atoms with Gasteiger partial charge in [0.25, 0.3) is 5.56 Å². The average Bonchev–Trinajstić information content (AvgIpc) is 3.04. The van der Waals surface area contributed by atoms with Crippen molar-refractivity contribution in [1.82, 2.24) is 14.9 Å². The van der Waals surface area contributed by atoms with Gasteiger partial charge in [0.05, 0.1) is 16.4 Å². The van der Waals surface area contributed by atoms with Crippen molar-refractivity contribution in [3.05, 3.63) is 26.6 Å². The third-order valence-electron chi connectivity index (χ3n) is 5.78. The van der Waals surface area contributed by atoms with Crippen LogP contribution < -0.4 is 5.56 Å². The zero-order chi connectivity index (χ0) is 19.0. The molecule has 0 saturated carbocycles. The smallest absolute Gasteiger partial charge is 0.259 e. The Morgan fingerprint density at radius 3 is 2.96 bits per heavy atom. The van der Waals surface area contributed by atoms with E-state index >= 15 is 0 Å². The Morgan fingerprint density at radius 2 is 2.15 bits per heavy atom. The van der Waals surface area contributed by atoms with E-state index in [2.05, 4.69) is 11.9 Å². The number of rotatable bonds is 4. The van der Waals surface area contributed by atoms with Crippen LogP contribution in [0.4, 0.5) is 0 Å². The second kappa shape index (κ2) is 7.95. The van der Waals surface area contributed by atoms with Gasteiger partial charge in [-0.25, -0.2) is 4.98 Å². The van der Waals surface area contributed by atoms with E-state index in [0.29, 0.717) is 17.6 Å². The highest BCUT2D eigenvalue weighted by molar-refractivity contribution is 7.99. The summed E-state index contributed by atoms with van der Waals surface area (Å²) in [6, 6.07) is 0.334. The van der Waals surface area contributed by atoms with Gasteiger partial charge in [-0.15, -0.1) is 23.1 Å². The van der Waals surface area contributed by atoms with E-state index in [9.17, 15) is 9.59 Å². The van der Waals surface area contributed by atoms with Crippen molar-refractivity contribution in [2.45, 2.75) is 75.8 Å². The number of nitrogens with zero attached hydrogens (tertiary/aromatic N) is 2. The van der Waals surface area contributed by atoms with E-state index in [1.807, 2.05) is 11.8 Å². The van der Waals surface area contributed by atoms with Crippen LogP contribution in [0.2, 0.25) is 0 Å². The molecule has 0 aromatic carbocycles. The number of nitrogens with one attached hydrogen (secondary N) is 1. The van der Waals surface area contributed by atoms with Crippen molar-refractivity contribution in [2.24, 2.45) is 0 Å². The Morgan fingerprint density at radius 1 is 1.33 bits per heavy atom. The highest BCUT2D eigenvalue weighted by Crippen LogP contribution is 2.33. The third kappa shape index (κ3) is 3.81. The lowest BCUT2D eigenvalue weighted by atomic mass is 9.97. The molecular weight excluding hydrogens is 378 g/mol. The lowest BCUT2D eigenvalue weighted by Crippen LogP contribution is -2.45. The number of amides is 1. The maximum Gasteiger partial charge on any atom is 0.259 e. The zero-order valence-electron chi connectivity index (χ0n) is 16.0. The van der Waals surface area contributed by atoms with E-state index in [0.717, 1.165) is 48.9 Å². The zero-order valence-corrected chi connectivity index (χ0v) is 17.7. The molecule has 1 saturated heterocycles. The average molecular weight is 406 g/mol. The SMILES string of the molecule is CC(SCc1nc2sc3c(c2c(=O)[nH]1)CCCC3)C(=O)N1CCCCC1C. The molecule has 1 amide bonds. The third-order valence-corrected chi connectivity index (χ3v) is 8.11. The van der Waals surface area contributed by atoms with Crippen LogP contribution in [0.25, 0.3) is 10.2 Å². The number of carbonyl (C=O) groups is 1. The van der Waals surface area contributed by atoms with Crippen molar-refractivity contribution in [2.75, 3.05) is 6.54 Å². The predicted molar refractivity (Wildman–Crippen MR) is 113 cm³/mol. The van der Waals surface area contributed by atoms with E-state index in [1.165, 1.54) is 23.3 Å². The number of thioether (sulfide) groups is 1. The van der Waals surface area contributed by atoms with Crippen molar-refractivity contribution >= 4 is 39.2 Å². The van der Waals surface area contributed by atoms with Crippen LogP contribution >= 0.6 is 23.1 Å². The van der Waals surface area contributed by atoms with Gasteiger partial charge in [0, 0.05) is 17.5 Å². The lowest BCUT2D eigenvalue weighted by molar-refractivity contribution is -0.133. The minimum Gasteiger partial charge on any atom is -0.339 e. The topological polar surface area (TPSA) is 66.1 Å². The minimum atomic E-state index is -0.122. The Hall–Kier alpha value is -1.34. The van der Waals surface area contributed by atoms with Gasteiger partial charge < -0.3 is 9.88 Å². The minimum absolute atomic E-state index is 0.0152. The van der Waals surface area contributed by atoms with Gasteiger partial charge in [0.1, 0.15) is 10.7 Å². The summed E-state index contributed by atoms with van der Waals surface area (Å²) in [5.41, 5.74) is 1.20. The number of piperidine rings is 1. The van der Waals surface area contributed by atoms with Crippen LogP contribution in [0.3, 0.4) is 0 Å². The Balaban J connectivity index is 1.47. The van der Waals surface area contributed by atoms with Crippen molar-refractivity contribution < 1.29 is 4.79 Å².